The molecule has 178 valence electrons. The van der Waals surface area contributed by atoms with Crippen LogP contribution >= 0.6 is 0 Å². The molecular formula is C25H41N5O2. The highest BCUT2D eigenvalue weighted by atomic mass is 16.5. The molecule has 3 heterocycles. The van der Waals surface area contributed by atoms with Crippen molar-refractivity contribution in [2.45, 2.75) is 83.2 Å². The highest BCUT2D eigenvalue weighted by molar-refractivity contribution is 5.46. The Hall–Kier alpha value is -1.73. The molecule has 1 aromatic rings. The zero-order chi connectivity index (χ0) is 22.7. The summed E-state index contributed by atoms with van der Waals surface area (Å²) in [6.07, 6.45) is 6.87. The van der Waals surface area contributed by atoms with Gasteiger partial charge in [0, 0.05) is 49.1 Å². The molecule has 3 fully saturated rings. The largest absolute Gasteiger partial charge is 0.380 e. The lowest BCUT2D eigenvalue weighted by atomic mass is 9.84. The van der Waals surface area contributed by atoms with E-state index in [-0.39, 0.29) is 5.41 Å². The van der Waals surface area contributed by atoms with Gasteiger partial charge < -0.3 is 15.0 Å². The molecule has 4 rings (SSSR count). The number of amides is 1. The molecule has 1 atom stereocenters. The minimum absolute atomic E-state index is 0.0688. The monoisotopic (exact) mass is 443 g/mol. The van der Waals surface area contributed by atoms with Gasteiger partial charge in [0.25, 0.3) is 0 Å². The van der Waals surface area contributed by atoms with Crippen LogP contribution in [0.4, 0.5) is 5.82 Å². The number of hydrogen-bond acceptors (Lipinski definition) is 6. The van der Waals surface area contributed by atoms with Crippen molar-refractivity contribution in [3.05, 3.63) is 17.6 Å². The molecule has 2 aliphatic heterocycles. The van der Waals surface area contributed by atoms with Crippen LogP contribution in [0.25, 0.3) is 0 Å². The number of carbonyl (C=O) groups is 1. The zero-order valence-corrected chi connectivity index (χ0v) is 20.3. The van der Waals surface area contributed by atoms with E-state index in [0.717, 1.165) is 75.4 Å². The van der Waals surface area contributed by atoms with Gasteiger partial charge in [-0.2, -0.15) is 0 Å². The number of ether oxygens (including phenoxy) is 1. The summed E-state index contributed by atoms with van der Waals surface area (Å²) in [7, 11) is 0. The second kappa shape index (κ2) is 10.0. The summed E-state index contributed by atoms with van der Waals surface area (Å²) >= 11 is 0. The van der Waals surface area contributed by atoms with Crippen molar-refractivity contribution < 1.29 is 9.53 Å². The molecule has 0 aromatic carbocycles. The summed E-state index contributed by atoms with van der Waals surface area (Å²) in [4.78, 5) is 25.7. The highest BCUT2D eigenvalue weighted by Crippen LogP contribution is 2.31. The number of piperazine rings is 1. The van der Waals surface area contributed by atoms with Crippen LogP contribution in [0.15, 0.2) is 6.07 Å². The number of hydrogen-bond donors (Lipinski definition) is 1. The van der Waals surface area contributed by atoms with Gasteiger partial charge in [0.2, 0.25) is 6.41 Å². The Morgan fingerprint density at radius 2 is 1.91 bits per heavy atom. The molecular weight excluding hydrogens is 402 g/mol. The molecule has 1 aliphatic carbocycles. The van der Waals surface area contributed by atoms with E-state index >= 15 is 0 Å². The van der Waals surface area contributed by atoms with Crippen molar-refractivity contribution in [3.63, 3.8) is 0 Å². The summed E-state index contributed by atoms with van der Waals surface area (Å²) in [5, 5.41) is 2.95. The first-order valence-electron chi connectivity index (χ1n) is 12.5. The summed E-state index contributed by atoms with van der Waals surface area (Å²) in [5.41, 5.74) is 1.07. The molecule has 0 bridgehead atoms. The van der Waals surface area contributed by atoms with Crippen LogP contribution in [0, 0.1) is 5.92 Å². The quantitative estimate of drug-likeness (QED) is 0.653. The van der Waals surface area contributed by atoms with E-state index in [1.54, 1.807) is 0 Å². The van der Waals surface area contributed by atoms with E-state index in [2.05, 4.69) is 48.9 Å². The predicted molar refractivity (Wildman–Crippen MR) is 127 cm³/mol. The van der Waals surface area contributed by atoms with Gasteiger partial charge in [0.1, 0.15) is 11.6 Å². The maximum Gasteiger partial charge on any atom is 0.207 e. The van der Waals surface area contributed by atoms with Gasteiger partial charge in [-0.15, -0.1) is 0 Å². The van der Waals surface area contributed by atoms with Crippen molar-refractivity contribution >= 4 is 12.2 Å². The molecule has 1 N–H and O–H groups in total. The van der Waals surface area contributed by atoms with Gasteiger partial charge in [-0.25, -0.2) is 9.97 Å². The van der Waals surface area contributed by atoms with Crippen molar-refractivity contribution in [2.24, 2.45) is 5.92 Å². The zero-order valence-electron chi connectivity index (χ0n) is 20.3. The molecule has 3 aliphatic rings. The fourth-order valence-electron chi connectivity index (χ4n) is 5.21. The van der Waals surface area contributed by atoms with Gasteiger partial charge in [-0.3, -0.25) is 9.69 Å². The van der Waals surface area contributed by atoms with Crippen molar-refractivity contribution in [1.82, 2.24) is 20.2 Å². The average Bonchev–Trinajstić information content (AvgIpc) is 2.71. The molecule has 0 spiro atoms. The van der Waals surface area contributed by atoms with Crippen LogP contribution in [0.5, 0.6) is 0 Å². The standard InChI is InChI=1S/C25H41N5O2/c1-18-14-29(10-9-19-5-7-21(8-6-19)26-17-31)11-12-30(18)23-13-22(20-15-32-16-20)27-24(28-23)25(2,3)4/h13,17-21H,5-12,14-16H2,1-4H3,(H,26,31). The van der Waals surface area contributed by atoms with Crippen LogP contribution in [0.1, 0.15) is 77.2 Å². The minimum atomic E-state index is -0.0688. The number of rotatable bonds is 7. The molecule has 1 aromatic heterocycles. The van der Waals surface area contributed by atoms with Crippen molar-refractivity contribution in [3.8, 4) is 0 Å². The topological polar surface area (TPSA) is 70.6 Å². The number of anilines is 1. The Morgan fingerprint density at radius 1 is 1.16 bits per heavy atom. The Bertz CT molecular complexity index is 768. The molecule has 2 saturated heterocycles. The first kappa shape index (κ1) is 23.4. The van der Waals surface area contributed by atoms with Crippen LogP contribution in [0.3, 0.4) is 0 Å². The third-order valence-corrected chi connectivity index (χ3v) is 7.47. The summed E-state index contributed by atoms with van der Waals surface area (Å²) in [6.45, 7) is 14.8. The number of aromatic nitrogens is 2. The summed E-state index contributed by atoms with van der Waals surface area (Å²) < 4.78 is 5.43. The lowest BCUT2D eigenvalue weighted by molar-refractivity contribution is -0.110. The van der Waals surface area contributed by atoms with Crippen molar-refractivity contribution in [2.75, 3.05) is 44.3 Å². The van der Waals surface area contributed by atoms with Crippen LogP contribution in [-0.2, 0) is 14.9 Å². The van der Waals surface area contributed by atoms with Crippen LogP contribution in [0.2, 0.25) is 0 Å². The summed E-state index contributed by atoms with van der Waals surface area (Å²) in [6, 6.07) is 3.04. The third-order valence-electron chi connectivity index (χ3n) is 7.47. The normalized spacial score (nSPS) is 27.8. The predicted octanol–water partition coefficient (Wildman–Crippen LogP) is 3.09. The Labute approximate surface area is 193 Å². The average molecular weight is 444 g/mol. The Morgan fingerprint density at radius 3 is 2.50 bits per heavy atom. The summed E-state index contributed by atoms with van der Waals surface area (Å²) in [5.74, 6) is 3.23. The maximum atomic E-state index is 10.6. The SMILES string of the molecule is CC1CN(CCC2CCC(NC=O)CC2)CCN1c1cc(C2COC2)nc(C(C)(C)C)n1. The molecule has 7 nitrogen and oxygen atoms in total. The van der Waals surface area contributed by atoms with Crippen LogP contribution in [-0.4, -0.2) is 72.8 Å². The molecule has 1 amide bonds. The van der Waals surface area contributed by atoms with E-state index in [1.165, 1.54) is 25.8 Å². The molecule has 0 radical (unpaired) electrons. The first-order chi connectivity index (χ1) is 15.3. The number of nitrogens with one attached hydrogen (secondary N) is 1. The second-order valence-electron chi connectivity index (χ2n) is 11.1. The maximum absolute atomic E-state index is 10.6. The van der Waals surface area contributed by atoms with Gasteiger partial charge in [0.05, 0.1) is 18.9 Å². The molecule has 32 heavy (non-hydrogen) atoms. The van der Waals surface area contributed by atoms with Gasteiger partial charge >= 0.3 is 0 Å². The first-order valence-corrected chi connectivity index (χ1v) is 12.5. The van der Waals surface area contributed by atoms with Gasteiger partial charge in [0.15, 0.2) is 0 Å². The van der Waals surface area contributed by atoms with E-state index < -0.39 is 0 Å². The van der Waals surface area contributed by atoms with E-state index in [1.807, 2.05) is 0 Å². The van der Waals surface area contributed by atoms with Crippen molar-refractivity contribution in [1.29, 1.82) is 0 Å². The van der Waals surface area contributed by atoms with E-state index in [0.29, 0.717) is 18.0 Å². The highest BCUT2D eigenvalue weighted by Gasteiger charge is 2.30. The smallest absolute Gasteiger partial charge is 0.207 e. The van der Waals surface area contributed by atoms with Gasteiger partial charge in [-0.1, -0.05) is 20.8 Å². The van der Waals surface area contributed by atoms with Crippen LogP contribution < -0.4 is 10.2 Å². The molecule has 7 heteroatoms. The molecule has 1 unspecified atom stereocenters. The van der Waals surface area contributed by atoms with Gasteiger partial charge in [-0.05, 0) is 51.5 Å². The second-order valence-corrected chi connectivity index (χ2v) is 11.1. The third kappa shape index (κ3) is 5.60. The molecule has 1 saturated carbocycles. The Kier molecular flexibility index (Phi) is 7.35. The number of nitrogens with zero attached hydrogens (tertiary/aromatic N) is 4. The lowest BCUT2D eigenvalue weighted by Gasteiger charge is -2.42. The minimum Gasteiger partial charge on any atom is -0.380 e. The van der Waals surface area contributed by atoms with E-state index in [4.69, 9.17) is 14.7 Å². The Balaban J connectivity index is 1.34. The van der Waals surface area contributed by atoms with E-state index in [9.17, 15) is 4.79 Å². The fraction of sp³-hybridized carbons (Fsp3) is 0.800. The fourth-order valence-corrected chi connectivity index (χ4v) is 5.21. The number of carbonyl (C=O) groups excluding carboxylic acids is 1. The lowest BCUT2D eigenvalue weighted by Crippen LogP contribution is -2.52.